The first kappa shape index (κ1) is 51.7. The van der Waals surface area contributed by atoms with Gasteiger partial charge >= 0.3 is 176 Å². The Labute approximate surface area is 258 Å². The topological polar surface area (TPSA) is 118 Å². The van der Waals surface area contributed by atoms with Crippen LogP contribution in [0.25, 0.3) is 0 Å². The molecule has 0 aromatic rings. The van der Waals surface area contributed by atoms with Crippen molar-refractivity contribution in [1.82, 2.24) is 0 Å². The van der Waals surface area contributed by atoms with Gasteiger partial charge in [-0.1, -0.05) is 47.5 Å². The fourth-order valence-electron chi connectivity index (χ4n) is 4.46. The molecule has 0 N–H and O–H groups in total. The third-order valence-corrected chi connectivity index (χ3v) is 12.7. The molecular weight excluding hydrogens is 576 g/mol. The molecule has 0 aliphatic heterocycles. The van der Waals surface area contributed by atoms with E-state index < -0.39 is 8.32 Å². The number of allylic oxidation sites excluding steroid dienone is 4. The van der Waals surface area contributed by atoms with Crippen molar-refractivity contribution in [1.29, 1.82) is 0 Å². The molecule has 9 heteroatoms. The van der Waals surface area contributed by atoms with Crippen molar-refractivity contribution in [2.24, 2.45) is 0 Å². The van der Waals surface area contributed by atoms with Gasteiger partial charge in [-0.3, -0.25) is 0 Å². The predicted octanol–water partition coefficient (Wildman–Crippen LogP) is 7.72. The Kier molecular flexibility index (Phi) is 45.5. The summed E-state index contributed by atoms with van der Waals surface area (Å²) in [6.07, 6.45) is 16.4. The van der Waals surface area contributed by atoms with Crippen molar-refractivity contribution in [3.63, 3.8) is 0 Å². The van der Waals surface area contributed by atoms with E-state index in [1.54, 1.807) is 7.11 Å². The van der Waals surface area contributed by atoms with Crippen molar-refractivity contribution in [3.05, 3.63) is 68.2 Å². The van der Waals surface area contributed by atoms with Crippen LogP contribution in [0.15, 0.2) is 34.9 Å². The molecule has 7 nitrogen and oxygen atoms in total. The molecule has 0 aromatic heterocycles. The molecule has 0 bridgehead atoms. The molecule has 0 fully saturated rings. The molecule has 0 spiro atoms. The second-order valence-corrected chi connectivity index (χ2v) is 15.7. The van der Waals surface area contributed by atoms with Crippen LogP contribution < -0.4 is 0 Å². The van der Waals surface area contributed by atoms with Crippen LogP contribution in [-0.2, 0) is 48.3 Å². The van der Waals surface area contributed by atoms with Crippen LogP contribution in [0.4, 0.5) is 0 Å². The molecule has 0 saturated carbocycles. The molecule has 0 amide bonds. The van der Waals surface area contributed by atoms with Gasteiger partial charge in [0.15, 0.2) is 0 Å². The Hall–Kier alpha value is -1.98. The Balaban J connectivity index is -0.000000274. The average Bonchev–Trinajstić information content (AvgIpc) is 2.98. The van der Waals surface area contributed by atoms with Crippen molar-refractivity contribution < 1.29 is 48.3 Å². The maximum absolute atomic E-state index is 7.50. The van der Waals surface area contributed by atoms with Gasteiger partial charge in [0.2, 0.25) is 8.32 Å². The molecule has 226 valence electrons. The van der Waals surface area contributed by atoms with E-state index in [9.17, 15) is 0 Å². The van der Waals surface area contributed by atoms with Crippen molar-refractivity contribution in [2.75, 3.05) is 7.11 Å². The van der Waals surface area contributed by atoms with Gasteiger partial charge < -0.3 is 4.43 Å². The van der Waals surface area contributed by atoms with Crippen LogP contribution in [0.5, 0.6) is 0 Å². The second-order valence-electron chi connectivity index (χ2n) is 9.64. The summed E-state index contributed by atoms with van der Waals surface area (Å²) < 4.78 is 50.3. The first-order valence-electron chi connectivity index (χ1n) is 12.6. The van der Waals surface area contributed by atoms with E-state index in [1.165, 1.54) is 16.7 Å². The van der Waals surface area contributed by atoms with Gasteiger partial charge in [0, 0.05) is 0 Å². The second kappa shape index (κ2) is 36.0. The Bertz CT molecular complexity index is 854. The third kappa shape index (κ3) is 25.5. The van der Waals surface area contributed by atoms with E-state index in [4.69, 9.17) is 38.8 Å². The number of hydrogen-bond donors (Lipinski definition) is 0. The number of terminal acetylenes is 1. The van der Waals surface area contributed by atoms with Gasteiger partial charge in [-0.25, -0.2) is 0 Å². The molecule has 1 atom stereocenters. The summed E-state index contributed by atoms with van der Waals surface area (Å²) in [5.41, 5.74) is 5.65. The fraction of sp³-hybridized carbons (Fsp3) is 0.562. The first-order chi connectivity index (χ1) is 19.4. The van der Waals surface area contributed by atoms with E-state index in [2.05, 4.69) is 136 Å². The molecule has 0 heterocycles. The van der Waals surface area contributed by atoms with E-state index in [0.717, 1.165) is 30.2 Å². The molecule has 0 rings (SSSR count). The monoisotopic (exact) mass is 622 g/mol. The Morgan fingerprint density at radius 1 is 0.756 bits per heavy atom. The summed E-state index contributed by atoms with van der Waals surface area (Å²) in [6.45, 7) is 42.8. The number of hydrogen-bond acceptors (Lipinski definition) is 2. The number of methoxy groups -OCH3 is 1. The molecule has 41 heavy (non-hydrogen) atoms. The van der Waals surface area contributed by atoms with E-state index in [-0.39, 0.29) is 6.10 Å². The maximum atomic E-state index is 7.50. The standard InChI is InChI=1S/C27H46O2Si.5CO.Cr/c1-12-27(29-30(21(2)3,22(4)5)23(6)7)20-26(10)15-13-14-24(8)16-17-25(9)18-19-28-11;5*1-2;/h1,14,18,20-23,27H,13,15-17H2,2-11H3;;;;;;/b24-14+,25-18+,26-20+;;;;;;/t27-;;;;;;/m1....../s1. The SMILES string of the molecule is C#C[C@H](/C=C(\C)CC/C=C(\C)CC/C(C)=C/[C](=[Cr])OC)O[Si](C(C)C)(C(C)C)C(C)C.[C-]#[O+].[C-]#[O+].[C-]#[O+].[C-]#[O+].[C-]#[O+]. The zero-order valence-electron chi connectivity index (χ0n) is 26.2. The van der Waals surface area contributed by atoms with Gasteiger partial charge in [0.05, 0.1) is 0 Å². The fourth-order valence-corrected chi connectivity index (χ4v) is 10.2. The minimum atomic E-state index is -1.98. The molecule has 0 saturated heterocycles. The molecular formula is C32H46CrO7Si. The first-order valence-corrected chi connectivity index (χ1v) is 15.4. The van der Waals surface area contributed by atoms with Gasteiger partial charge in [0.25, 0.3) is 0 Å². The summed E-state index contributed by atoms with van der Waals surface area (Å²) >= 11 is 2.92. The van der Waals surface area contributed by atoms with Crippen LogP contribution in [0.3, 0.4) is 0 Å². The summed E-state index contributed by atoms with van der Waals surface area (Å²) in [6, 6.07) is 0. The zero-order valence-corrected chi connectivity index (χ0v) is 28.5. The van der Waals surface area contributed by atoms with Crippen LogP contribution >= 0.6 is 0 Å². The summed E-state index contributed by atoms with van der Waals surface area (Å²) in [4.78, 5) is 0. The number of rotatable bonds is 14. The van der Waals surface area contributed by atoms with Crippen LogP contribution in [-0.4, -0.2) is 26.1 Å². The van der Waals surface area contributed by atoms with E-state index in [0.29, 0.717) is 16.6 Å². The summed E-state index contributed by atoms with van der Waals surface area (Å²) in [7, 11) is -0.297. The zero-order chi connectivity index (χ0) is 34.2. The molecule has 0 aromatic carbocycles. The van der Waals surface area contributed by atoms with Crippen molar-refractivity contribution in [3.8, 4) is 12.3 Å². The van der Waals surface area contributed by atoms with Gasteiger partial charge in [0.1, 0.15) is 0 Å². The van der Waals surface area contributed by atoms with Crippen LogP contribution in [0.1, 0.15) is 88.0 Å². The van der Waals surface area contributed by atoms with Crippen LogP contribution in [0.2, 0.25) is 16.6 Å². The molecule has 0 aliphatic rings. The summed E-state index contributed by atoms with van der Waals surface area (Å²) in [5.74, 6) is 2.90. The van der Waals surface area contributed by atoms with Crippen molar-refractivity contribution in [2.45, 2.75) is 111 Å². The van der Waals surface area contributed by atoms with Gasteiger partial charge in [-0.05, 0) is 16.6 Å². The van der Waals surface area contributed by atoms with E-state index in [1.807, 2.05) is 0 Å². The van der Waals surface area contributed by atoms with E-state index >= 15 is 0 Å². The predicted molar refractivity (Wildman–Crippen MR) is 156 cm³/mol. The van der Waals surface area contributed by atoms with Crippen molar-refractivity contribution >= 4 is 12.9 Å². The molecule has 0 unspecified atom stereocenters. The quantitative estimate of drug-likeness (QED) is 0.0648. The number of ether oxygens (including phenoxy) is 1. The van der Waals surface area contributed by atoms with Gasteiger partial charge in [-0.15, -0.1) is 6.42 Å². The Morgan fingerprint density at radius 3 is 1.49 bits per heavy atom. The Morgan fingerprint density at radius 2 is 1.15 bits per heavy atom. The normalized spacial score (nSPS) is 11.6. The van der Waals surface area contributed by atoms with Gasteiger partial charge in [-0.2, -0.15) is 0 Å². The molecule has 0 radical (unpaired) electrons. The third-order valence-electron chi connectivity index (χ3n) is 6.15. The minimum absolute atomic E-state index is 0.228. The van der Waals surface area contributed by atoms with Crippen LogP contribution in [0, 0.1) is 45.6 Å². The molecule has 0 aliphatic carbocycles. The summed E-state index contributed by atoms with van der Waals surface area (Å²) in [5, 5.41) is 0. The average molecular weight is 623 g/mol.